The lowest BCUT2D eigenvalue weighted by Crippen LogP contribution is -2.27. The Morgan fingerprint density at radius 1 is 1.38 bits per heavy atom. The number of hydrogen-bond acceptors (Lipinski definition) is 1. The zero-order chi connectivity index (χ0) is 11.5. The molecule has 1 aromatic heterocycles. The molecular weight excluding hydrogens is 198 g/mol. The second-order valence-electron chi connectivity index (χ2n) is 5.22. The van der Waals surface area contributed by atoms with Crippen molar-refractivity contribution in [3.05, 3.63) is 24.0 Å². The molecule has 1 fully saturated rings. The Morgan fingerprint density at radius 2 is 2.12 bits per heavy atom. The van der Waals surface area contributed by atoms with E-state index in [2.05, 4.69) is 24.6 Å². The van der Waals surface area contributed by atoms with E-state index in [0.29, 0.717) is 12.0 Å². The summed E-state index contributed by atoms with van der Waals surface area (Å²) in [4.78, 5) is 11.0. The first-order chi connectivity index (χ1) is 7.74. The van der Waals surface area contributed by atoms with E-state index in [4.69, 9.17) is 0 Å². The van der Waals surface area contributed by atoms with E-state index in [1.165, 1.54) is 25.7 Å². The maximum atomic E-state index is 11.0. The lowest BCUT2D eigenvalue weighted by atomic mass is 9.77. The van der Waals surface area contributed by atoms with Crippen LogP contribution in [0.2, 0.25) is 0 Å². The van der Waals surface area contributed by atoms with Gasteiger partial charge in [0.2, 0.25) is 0 Å². The summed E-state index contributed by atoms with van der Waals surface area (Å²) in [5.41, 5.74) is 0.831. The number of aldehydes is 1. The van der Waals surface area contributed by atoms with Crippen LogP contribution in [0.25, 0.3) is 0 Å². The predicted molar refractivity (Wildman–Crippen MR) is 65.7 cm³/mol. The summed E-state index contributed by atoms with van der Waals surface area (Å²) in [6.07, 6.45) is 8.21. The largest absolute Gasteiger partial charge is 0.342 e. The van der Waals surface area contributed by atoms with Crippen molar-refractivity contribution in [2.45, 2.75) is 45.6 Å². The molecule has 0 radical (unpaired) electrons. The van der Waals surface area contributed by atoms with E-state index < -0.39 is 0 Å². The zero-order valence-corrected chi connectivity index (χ0v) is 10.2. The van der Waals surface area contributed by atoms with Crippen molar-refractivity contribution in [3.8, 4) is 0 Å². The zero-order valence-electron chi connectivity index (χ0n) is 10.2. The van der Waals surface area contributed by atoms with Gasteiger partial charge in [-0.3, -0.25) is 4.79 Å². The van der Waals surface area contributed by atoms with Crippen LogP contribution < -0.4 is 0 Å². The van der Waals surface area contributed by atoms with Gasteiger partial charge >= 0.3 is 0 Å². The molecule has 88 valence electrons. The highest BCUT2D eigenvalue weighted by atomic mass is 16.1. The quantitative estimate of drug-likeness (QED) is 0.711. The molecule has 1 aliphatic carbocycles. The van der Waals surface area contributed by atoms with Gasteiger partial charge in [0, 0.05) is 12.2 Å². The fourth-order valence-electron chi connectivity index (χ4n) is 3.07. The van der Waals surface area contributed by atoms with E-state index in [0.717, 1.165) is 17.9 Å². The number of rotatable bonds is 3. The van der Waals surface area contributed by atoms with Crippen LogP contribution in [0.1, 0.15) is 56.1 Å². The molecule has 2 rings (SSSR count). The van der Waals surface area contributed by atoms with Crippen molar-refractivity contribution >= 4 is 6.29 Å². The van der Waals surface area contributed by atoms with E-state index in [1.54, 1.807) is 0 Å². The standard InChI is InChI=1S/C14H21NO/c1-11(2)13-7-3-4-8-14(13)15-9-5-6-12(15)10-16/h5-6,9-11,13-14H,3-4,7-8H2,1-2H3. The second-order valence-corrected chi connectivity index (χ2v) is 5.22. The maximum absolute atomic E-state index is 11.0. The van der Waals surface area contributed by atoms with E-state index in [9.17, 15) is 4.79 Å². The normalized spacial score (nSPS) is 25.9. The number of nitrogens with zero attached hydrogens (tertiary/aromatic N) is 1. The Bertz CT molecular complexity index is 353. The molecule has 1 aromatic rings. The highest BCUT2D eigenvalue weighted by Gasteiger charge is 2.29. The molecule has 0 aromatic carbocycles. The summed E-state index contributed by atoms with van der Waals surface area (Å²) < 4.78 is 2.19. The Morgan fingerprint density at radius 3 is 2.81 bits per heavy atom. The van der Waals surface area contributed by atoms with Crippen LogP contribution in [0.4, 0.5) is 0 Å². The van der Waals surface area contributed by atoms with Crippen LogP contribution >= 0.6 is 0 Å². The lowest BCUT2D eigenvalue weighted by molar-refractivity contribution is 0.110. The Labute approximate surface area is 97.7 Å². The summed E-state index contributed by atoms with van der Waals surface area (Å²) in [6, 6.07) is 4.43. The predicted octanol–water partition coefficient (Wildman–Crippen LogP) is 3.69. The van der Waals surface area contributed by atoms with Crippen molar-refractivity contribution in [2.75, 3.05) is 0 Å². The fourth-order valence-corrected chi connectivity index (χ4v) is 3.07. The molecule has 2 nitrogen and oxygen atoms in total. The minimum absolute atomic E-state index is 0.531. The molecule has 1 aliphatic rings. The van der Waals surface area contributed by atoms with Crippen molar-refractivity contribution in [2.24, 2.45) is 11.8 Å². The summed E-state index contributed by atoms with van der Waals surface area (Å²) in [7, 11) is 0. The number of hydrogen-bond donors (Lipinski definition) is 0. The molecule has 0 spiro atoms. The molecule has 1 heterocycles. The topological polar surface area (TPSA) is 22.0 Å². The van der Waals surface area contributed by atoms with Crippen molar-refractivity contribution < 1.29 is 4.79 Å². The van der Waals surface area contributed by atoms with Gasteiger partial charge in [0.1, 0.15) is 0 Å². The third-order valence-electron chi connectivity index (χ3n) is 3.93. The second kappa shape index (κ2) is 4.86. The van der Waals surface area contributed by atoms with Gasteiger partial charge in [0.05, 0.1) is 5.69 Å². The average molecular weight is 219 g/mol. The fraction of sp³-hybridized carbons (Fsp3) is 0.643. The van der Waals surface area contributed by atoms with E-state index >= 15 is 0 Å². The van der Waals surface area contributed by atoms with Gasteiger partial charge in [-0.1, -0.05) is 26.7 Å². The SMILES string of the molecule is CC(C)C1CCCCC1n1cccc1C=O. The molecule has 16 heavy (non-hydrogen) atoms. The van der Waals surface area contributed by atoms with Gasteiger partial charge in [-0.15, -0.1) is 0 Å². The summed E-state index contributed by atoms with van der Waals surface area (Å²) in [6.45, 7) is 4.60. The molecule has 2 atom stereocenters. The molecule has 0 amide bonds. The molecule has 0 aliphatic heterocycles. The first kappa shape index (κ1) is 11.4. The van der Waals surface area contributed by atoms with Crippen molar-refractivity contribution in [1.29, 1.82) is 0 Å². The highest BCUT2D eigenvalue weighted by molar-refractivity contribution is 5.72. The number of aromatic nitrogens is 1. The molecule has 2 unspecified atom stereocenters. The Hall–Kier alpha value is -1.05. The minimum Gasteiger partial charge on any atom is -0.342 e. The number of carbonyl (C=O) groups is 1. The lowest BCUT2D eigenvalue weighted by Gasteiger charge is -2.36. The van der Waals surface area contributed by atoms with Crippen LogP contribution in [0.5, 0.6) is 0 Å². The van der Waals surface area contributed by atoms with Gasteiger partial charge in [-0.05, 0) is 36.8 Å². The molecule has 0 N–H and O–H groups in total. The molecule has 0 bridgehead atoms. The summed E-state index contributed by atoms with van der Waals surface area (Å²) in [5, 5.41) is 0. The van der Waals surface area contributed by atoms with Crippen LogP contribution in [-0.2, 0) is 0 Å². The first-order valence-electron chi connectivity index (χ1n) is 6.36. The smallest absolute Gasteiger partial charge is 0.166 e. The summed E-state index contributed by atoms with van der Waals surface area (Å²) in [5.74, 6) is 1.42. The van der Waals surface area contributed by atoms with E-state index in [1.807, 2.05) is 12.1 Å². The van der Waals surface area contributed by atoms with Crippen molar-refractivity contribution in [1.82, 2.24) is 4.57 Å². The average Bonchev–Trinajstić information content (AvgIpc) is 2.76. The monoisotopic (exact) mass is 219 g/mol. The minimum atomic E-state index is 0.531. The van der Waals surface area contributed by atoms with Crippen LogP contribution in [0, 0.1) is 11.8 Å². The molecule has 1 saturated carbocycles. The Balaban J connectivity index is 2.26. The van der Waals surface area contributed by atoms with E-state index in [-0.39, 0.29) is 0 Å². The third-order valence-corrected chi connectivity index (χ3v) is 3.93. The van der Waals surface area contributed by atoms with Gasteiger partial charge in [-0.25, -0.2) is 0 Å². The summed E-state index contributed by atoms with van der Waals surface area (Å²) >= 11 is 0. The molecular formula is C14H21NO. The van der Waals surface area contributed by atoms with Crippen LogP contribution in [0.3, 0.4) is 0 Å². The molecule has 2 heteroatoms. The highest BCUT2D eigenvalue weighted by Crippen LogP contribution is 2.38. The van der Waals surface area contributed by atoms with Crippen molar-refractivity contribution in [3.63, 3.8) is 0 Å². The van der Waals surface area contributed by atoms with Gasteiger partial charge in [-0.2, -0.15) is 0 Å². The van der Waals surface area contributed by atoms with Gasteiger partial charge in [0.15, 0.2) is 6.29 Å². The van der Waals surface area contributed by atoms with Crippen LogP contribution in [-0.4, -0.2) is 10.9 Å². The third kappa shape index (κ3) is 2.06. The van der Waals surface area contributed by atoms with Crippen LogP contribution in [0.15, 0.2) is 18.3 Å². The molecule has 0 saturated heterocycles. The maximum Gasteiger partial charge on any atom is 0.166 e. The van der Waals surface area contributed by atoms with Gasteiger partial charge < -0.3 is 4.57 Å². The van der Waals surface area contributed by atoms with Gasteiger partial charge in [0.25, 0.3) is 0 Å². The Kier molecular flexibility index (Phi) is 3.47. The number of carbonyl (C=O) groups excluding carboxylic acids is 1. The first-order valence-corrected chi connectivity index (χ1v) is 6.36.